The molecule has 98 valence electrons. The number of rotatable bonds is 3. The van der Waals surface area contributed by atoms with Gasteiger partial charge in [-0.2, -0.15) is 0 Å². The Kier molecular flexibility index (Phi) is 3.58. The van der Waals surface area contributed by atoms with E-state index in [4.69, 9.17) is 0 Å². The van der Waals surface area contributed by atoms with Crippen LogP contribution < -0.4 is 5.32 Å². The van der Waals surface area contributed by atoms with Gasteiger partial charge in [0, 0.05) is 17.1 Å². The number of hydrogen-bond acceptors (Lipinski definition) is 2. The van der Waals surface area contributed by atoms with Crippen molar-refractivity contribution in [3.8, 4) is 5.75 Å². The van der Waals surface area contributed by atoms with Crippen molar-refractivity contribution in [2.75, 3.05) is 0 Å². The molecular weight excluding hydrogens is 302 g/mol. The standard InChI is InChI=1S/C16H16BrNO/c17-15-3-1-2-14-13(15)8-9-16(14)18-10-11-4-6-12(19)7-5-11/h1-7,16,18-19H,8-10H2. The highest BCUT2D eigenvalue weighted by Gasteiger charge is 2.23. The summed E-state index contributed by atoms with van der Waals surface area (Å²) in [6, 6.07) is 14.2. The van der Waals surface area contributed by atoms with Gasteiger partial charge in [0.2, 0.25) is 0 Å². The summed E-state index contributed by atoms with van der Waals surface area (Å²) in [4.78, 5) is 0. The number of benzene rings is 2. The van der Waals surface area contributed by atoms with Gasteiger partial charge in [0.1, 0.15) is 5.75 Å². The second kappa shape index (κ2) is 5.35. The predicted octanol–water partition coefficient (Wildman–Crippen LogP) is 3.93. The number of fused-ring (bicyclic) bond motifs is 1. The zero-order valence-electron chi connectivity index (χ0n) is 10.6. The SMILES string of the molecule is Oc1ccc(CNC2CCc3c(Br)cccc32)cc1. The fourth-order valence-corrected chi connectivity index (χ4v) is 3.26. The lowest BCUT2D eigenvalue weighted by Crippen LogP contribution is -2.18. The summed E-state index contributed by atoms with van der Waals surface area (Å²) in [7, 11) is 0. The Labute approximate surface area is 121 Å². The summed E-state index contributed by atoms with van der Waals surface area (Å²) in [6.45, 7) is 0.830. The van der Waals surface area contributed by atoms with Gasteiger partial charge < -0.3 is 10.4 Å². The molecule has 2 aromatic rings. The number of hydrogen-bond donors (Lipinski definition) is 2. The first-order chi connectivity index (χ1) is 9.24. The van der Waals surface area contributed by atoms with Crippen LogP contribution >= 0.6 is 15.9 Å². The Hall–Kier alpha value is -1.32. The molecule has 1 atom stereocenters. The molecule has 0 radical (unpaired) electrons. The molecule has 0 fully saturated rings. The maximum atomic E-state index is 9.27. The van der Waals surface area contributed by atoms with Crippen molar-refractivity contribution >= 4 is 15.9 Å². The molecule has 0 saturated carbocycles. The van der Waals surface area contributed by atoms with Gasteiger partial charge in [-0.3, -0.25) is 0 Å². The Morgan fingerprint density at radius 3 is 2.74 bits per heavy atom. The summed E-state index contributed by atoms with van der Waals surface area (Å²) in [6.07, 6.45) is 2.28. The van der Waals surface area contributed by atoms with Gasteiger partial charge in [-0.05, 0) is 47.7 Å². The third-order valence-corrected chi connectivity index (χ3v) is 4.45. The zero-order chi connectivity index (χ0) is 13.2. The van der Waals surface area contributed by atoms with E-state index in [2.05, 4.69) is 39.4 Å². The molecule has 0 bridgehead atoms. The Morgan fingerprint density at radius 1 is 1.16 bits per heavy atom. The van der Waals surface area contributed by atoms with E-state index < -0.39 is 0 Å². The molecule has 3 heteroatoms. The van der Waals surface area contributed by atoms with Crippen LogP contribution in [-0.2, 0) is 13.0 Å². The van der Waals surface area contributed by atoms with E-state index in [0.717, 1.165) is 19.4 Å². The lowest BCUT2D eigenvalue weighted by atomic mass is 10.1. The Balaban J connectivity index is 1.70. The van der Waals surface area contributed by atoms with Gasteiger partial charge in [-0.1, -0.05) is 40.2 Å². The van der Waals surface area contributed by atoms with E-state index in [1.54, 1.807) is 12.1 Å². The Bertz CT molecular complexity index is 580. The van der Waals surface area contributed by atoms with Crippen LogP contribution in [-0.4, -0.2) is 5.11 Å². The minimum Gasteiger partial charge on any atom is -0.508 e. The van der Waals surface area contributed by atoms with Gasteiger partial charge >= 0.3 is 0 Å². The van der Waals surface area contributed by atoms with E-state index in [-0.39, 0.29) is 0 Å². The maximum absolute atomic E-state index is 9.27. The highest BCUT2D eigenvalue weighted by atomic mass is 79.9. The molecule has 3 rings (SSSR count). The van der Waals surface area contributed by atoms with Gasteiger partial charge in [0.15, 0.2) is 0 Å². The molecule has 0 heterocycles. The van der Waals surface area contributed by atoms with Crippen molar-refractivity contribution in [2.24, 2.45) is 0 Å². The second-order valence-corrected chi connectivity index (χ2v) is 5.80. The lowest BCUT2D eigenvalue weighted by molar-refractivity contribution is 0.474. The number of phenols is 1. The fraction of sp³-hybridized carbons (Fsp3) is 0.250. The van der Waals surface area contributed by atoms with Crippen LogP contribution in [0.5, 0.6) is 5.75 Å². The van der Waals surface area contributed by atoms with Gasteiger partial charge in [0.05, 0.1) is 0 Å². The number of aromatic hydroxyl groups is 1. The van der Waals surface area contributed by atoms with Crippen LogP contribution in [0.2, 0.25) is 0 Å². The summed E-state index contributed by atoms with van der Waals surface area (Å²) >= 11 is 3.62. The summed E-state index contributed by atoms with van der Waals surface area (Å²) in [5.74, 6) is 0.318. The first-order valence-corrected chi connectivity index (χ1v) is 7.32. The molecule has 2 N–H and O–H groups in total. The minimum atomic E-state index is 0.318. The third-order valence-electron chi connectivity index (χ3n) is 3.70. The quantitative estimate of drug-likeness (QED) is 0.899. The van der Waals surface area contributed by atoms with Gasteiger partial charge in [-0.25, -0.2) is 0 Å². The fourth-order valence-electron chi connectivity index (χ4n) is 2.68. The van der Waals surface area contributed by atoms with E-state index >= 15 is 0 Å². The van der Waals surface area contributed by atoms with Crippen LogP contribution in [0.25, 0.3) is 0 Å². The van der Waals surface area contributed by atoms with Crippen LogP contribution in [0.15, 0.2) is 46.9 Å². The van der Waals surface area contributed by atoms with Gasteiger partial charge in [-0.15, -0.1) is 0 Å². The van der Waals surface area contributed by atoms with Crippen molar-refractivity contribution in [2.45, 2.75) is 25.4 Å². The first kappa shape index (κ1) is 12.7. The molecule has 0 aliphatic heterocycles. The van der Waals surface area contributed by atoms with E-state index in [0.29, 0.717) is 11.8 Å². The van der Waals surface area contributed by atoms with E-state index in [9.17, 15) is 5.11 Å². The topological polar surface area (TPSA) is 32.3 Å². The largest absolute Gasteiger partial charge is 0.508 e. The number of nitrogens with one attached hydrogen (secondary N) is 1. The normalized spacial score (nSPS) is 17.4. The van der Waals surface area contributed by atoms with Crippen molar-refractivity contribution in [1.29, 1.82) is 0 Å². The average Bonchev–Trinajstić information content (AvgIpc) is 2.83. The van der Waals surface area contributed by atoms with Crippen LogP contribution in [0.4, 0.5) is 0 Å². The predicted molar refractivity (Wildman–Crippen MR) is 80.2 cm³/mol. The lowest BCUT2D eigenvalue weighted by Gasteiger charge is -2.14. The van der Waals surface area contributed by atoms with E-state index in [1.165, 1.54) is 21.2 Å². The number of halogens is 1. The third kappa shape index (κ3) is 2.67. The van der Waals surface area contributed by atoms with Crippen LogP contribution in [0.3, 0.4) is 0 Å². The molecule has 0 amide bonds. The molecule has 2 nitrogen and oxygen atoms in total. The van der Waals surface area contributed by atoms with Crippen molar-refractivity contribution in [3.63, 3.8) is 0 Å². The van der Waals surface area contributed by atoms with Crippen molar-refractivity contribution in [3.05, 3.63) is 63.6 Å². The smallest absolute Gasteiger partial charge is 0.115 e. The maximum Gasteiger partial charge on any atom is 0.115 e. The van der Waals surface area contributed by atoms with Crippen LogP contribution in [0, 0.1) is 0 Å². The molecular formula is C16H16BrNO. The molecule has 19 heavy (non-hydrogen) atoms. The summed E-state index contributed by atoms with van der Waals surface area (Å²) in [5.41, 5.74) is 4.04. The van der Waals surface area contributed by atoms with Crippen molar-refractivity contribution in [1.82, 2.24) is 5.32 Å². The number of phenolic OH excluding ortho intramolecular Hbond substituents is 1. The molecule has 0 aromatic heterocycles. The minimum absolute atomic E-state index is 0.318. The molecule has 2 aromatic carbocycles. The molecule has 0 spiro atoms. The molecule has 0 saturated heterocycles. The van der Waals surface area contributed by atoms with E-state index in [1.807, 2.05) is 12.1 Å². The zero-order valence-corrected chi connectivity index (χ0v) is 12.2. The summed E-state index contributed by atoms with van der Waals surface area (Å²) < 4.78 is 1.22. The van der Waals surface area contributed by atoms with Crippen molar-refractivity contribution < 1.29 is 5.11 Å². The first-order valence-electron chi connectivity index (χ1n) is 6.52. The summed E-state index contributed by atoms with van der Waals surface area (Å²) in [5, 5.41) is 12.9. The average molecular weight is 318 g/mol. The van der Waals surface area contributed by atoms with Gasteiger partial charge in [0.25, 0.3) is 0 Å². The molecule has 1 unspecified atom stereocenters. The highest BCUT2D eigenvalue weighted by Crippen LogP contribution is 2.35. The highest BCUT2D eigenvalue weighted by molar-refractivity contribution is 9.10. The molecule has 1 aliphatic rings. The van der Waals surface area contributed by atoms with Crippen LogP contribution in [0.1, 0.15) is 29.2 Å². The monoisotopic (exact) mass is 317 g/mol. The molecule has 1 aliphatic carbocycles. The second-order valence-electron chi connectivity index (χ2n) is 4.95. The Morgan fingerprint density at radius 2 is 1.95 bits per heavy atom.